The Morgan fingerprint density at radius 3 is 2.39 bits per heavy atom. The smallest absolute Gasteiger partial charge is 0.327 e. The minimum absolute atomic E-state index is 0.0321. The second-order valence-corrected chi connectivity index (χ2v) is 7.43. The molecule has 1 saturated heterocycles. The van der Waals surface area contributed by atoms with Crippen molar-refractivity contribution in [2.24, 2.45) is 0 Å². The number of nitrogens with one attached hydrogen (secondary N) is 1. The SMILES string of the molecule is COc1cc(C(=O)Nc2cc(Br)ccc2N2CCOCC2)c([N+](=O)[O-])c(OC)c1OC. The Labute approximate surface area is 187 Å². The molecule has 1 fully saturated rings. The summed E-state index contributed by atoms with van der Waals surface area (Å²) in [4.78, 5) is 26.4. The Bertz CT molecular complexity index is 993. The molecule has 11 heteroatoms. The van der Waals surface area contributed by atoms with Crippen LogP contribution in [0.1, 0.15) is 10.4 Å². The lowest BCUT2D eigenvalue weighted by Crippen LogP contribution is -2.36. The van der Waals surface area contributed by atoms with Crippen molar-refractivity contribution >= 4 is 38.9 Å². The van der Waals surface area contributed by atoms with Crippen LogP contribution in [0.25, 0.3) is 0 Å². The summed E-state index contributed by atoms with van der Waals surface area (Å²) < 4.78 is 21.8. The molecule has 2 aromatic carbocycles. The number of hydrogen-bond donors (Lipinski definition) is 1. The van der Waals surface area contributed by atoms with Gasteiger partial charge in [0, 0.05) is 23.6 Å². The zero-order chi connectivity index (χ0) is 22.5. The van der Waals surface area contributed by atoms with E-state index in [0.717, 1.165) is 10.2 Å². The first-order valence-electron chi connectivity index (χ1n) is 9.32. The van der Waals surface area contributed by atoms with Gasteiger partial charge in [0.05, 0.1) is 50.8 Å². The van der Waals surface area contributed by atoms with E-state index in [9.17, 15) is 14.9 Å². The van der Waals surface area contributed by atoms with E-state index < -0.39 is 16.5 Å². The van der Waals surface area contributed by atoms with Crippen LogP contribution < -0.4 is 24.4 Å². The van der Waals surface area contributed by atoms with Gasteiger partial charge >= 0.3 is 5.69 Å². The zero-order valence-corrected chi connectivity index (χ0v) is 18.9. The Morgan fingerprint density at radius 2 is 1.81 bits per heavy atom. The summed E-state index contributed by atoms with van der Waals surface area (Å²) in [5.74, 6) is -0.708. The molecule has 0 aliphatic carbocycles. The van der Waals surface area contributed by atoms with Gasteiger partial charge in [-0.05, 0) is 18.2 Å². The summed E-state index contributed by atoms with van der Waals surface area (Å²) in [6.45, 7) is 2.47. The number of methoxy groups -OCH3 is 3. The van der Waals surface area contributed by atoms with Crippen LogP contribution in [-0.2, 0) is 4.74 Å². The van der Waals surface area contributed by atoms with E-state index in [1.807, 2.05) is 12.1 Å². The Kier molecular flexibility index (Phi) is 7.18. The molecule has 0 spiro atoms. The first-order valence-corrected chi connectivity index (χ1v) is 10.1. The molecule has 2 aromatic rings. The molecule has 1 N–H and O–H groups in total. The van der Waals surface area contributed by atoms with Crippen LogP contribution in [0.4, 0.5) is 17.1 Å². The van der Waals surface area contributed by atoms with Crippen molar-refractivity contribution < 1.29 is 28.7 Å². The molecule has 10 nitrogen and oxygen atoms in total. The number of carbonyl (C=O) groups is 1. The van der Waals surface area contributed by atoms with Crippen LogP contribution in [0.5, 0.6) is 17.2 Å². The van der Waals surface area contributed by atoms with E-state index in [-0.39, 0.29) is 22.8 Å². The Morgan fingerprint density at radius 1 is 1.13 bits per heavy atom. The molecule has 0 atom stereocenters. The van der Waals surface area contributed by atoms with E-state index in [2.05, 4.69) is 26.1 Å². The zero-order valence-electron chi connectivity index (χ0n) is 17.3. The van der Waals surface area contributed by atoms with Crippen molar-refractivity contribution in [1.29, 1.82) is 0 Å². The number of anilines is 2. The van der Waals surface area contributed by atoms with Crippen molar-refractivity contribution in [3.63, 3.8) is 0 Å². The van der Waals surface area contributed by atoms with Crippen LogP contribution in [0.2, 0.25) is 0 Å². The van der Waals surface area contributed by atoms with Crippen LogP contribution in [-0.4, -0.2) is 58.5 Å². The molecule has 3 rings (SSSR count). The lowest BCUT2D eigenvalue weighted by atomic mass is 10.1. The second kappa shape index (κ2) is 9.84. The van der Waals surface area contributed by atoms with Crippen molar-refractivity contribution in [3.8, 4) is 17.2 Å². The third-order valence-corrected chi connectivity index (χ3v) is 5.28. The van der Waals surface area contributed by atoms with Gasteiger partial charge in [-0.15, -0.1) is 0 Å². The highest BCUT2D eigenvalue weighted by atomic mass is 79.9. The molecular weight excluding hydrogens is 474 g/mol. The van der Waals surface area contributed by atoms with Crippen molar-refractivity contribution in [1.82, 2.24) is 0 Å². The largest absolute Gasteiger partial charge is 0.493 e. The van der Waals surface area contributed by atoms with Gasteiger partial charge in [-0.2, -0.15) is 0 Å². The molecule has 0 bridgehead atoms. The molecule has 1 aliphatic heterocycles. The van der Waals surface area contributed by atoms with E-state index in [1.54, 1.807) is 6.07 Å². The summed E-state index contributed by atoms with van der Waals surface area (Å²) in [7, 11) is 3.96. The summed E-state index contributed by atoms with van der Waals surface area (Å²) in [5.41, 5.74) is 0.562. The molecule has 0 radical (unpaired) electrons. The van der Waals surface area contributed by atoms with E-state index in [0.29, 0.717) is 32.0 Å². The van der Waals surface area contributed by atoms with Gasteiger partial charge in [-0.25, -0.2) is 0 Å². The predicted molar refractivity (Wildman–Crippen MR) is 118 cm³/mol. The minimum atomic E-state index is -0.682. The molecule has 1 aliphatic rings. The molecule has 1 heterocycles. The monoisotopic (exact) mass is 495 g/mol. The van der Waals surface area contributed by atoms with E-state index in [1.165, 1.54) is 27.4 Å². The van der Waals surface area contributed by atoms with Gasteiger partial charge in [0.25, 0.3) is 5.91 Å². The number of rotatable bonds is 7. The predicted octanol–water partition coefficient (Wildman–Crippen LogP) is 3.47. The lowest BCUT2D eigenvalue weighted by molar-refractivity contribution is -0.386. The first-order chi connectivity index (χ1) is 14.9. The maximum atomic E-state index is 13.2. The molecular formula is C20H22BrN3O7. The maximum Gasteiger partial charge on any atom is 0.327 e. The van der Waals surface area contributed by atoms with Crippen LogP contribution in [0, 0.1) is 10.1 Å². The molecule has 0 unspecified atom stereocenters. The first kappa shape index (κ1) is 22.6. The second-order valence-electron chi connectivity index (χ2n) is 6.51. The lowest BCUT2D eigenvalue weighted by Gasteiger charge is -2.30. The van der Waals surface area contributed by atoms with Crippen LogP contribution >= 0.6 is 15.9 Å². The van der Waals surface area contributed by atoms with Gasteiger partial charge in [-0.3, -0.25) is 14.9 Å². The quantitative estimate of drug-likeness (QED) is 0.458. The highest BCUT2D eigenvalue weighted by molar-refractivity contribution is 9.10. The van der Waals surface area contributed by atoms with E-state index >= 15 is 0 Å². The number of amides is 1. The third kappa shape index (κ3) is 4.67. The summed E-state index contributed by atoms with van der Waals surface area (Å²) in [6.07, 6.45) is 0. The van der Waals surface area contributed by atoms with Gasteiger partial charge in [-0.1, -0.05) is 15.9 Å². The number of benzene rings is 2. The minimum Gasteiger partial charge on any atom is -0.493 e. The van der Waals surface area contributed by atoms with Crippen molar-refractivity contribution in [2.75, 3.05) is 57.8 Å². The third-order valence-electron chi connectivity index (χ3n) is 4.79. The highest BCUT2D eigenvalue weighted by Gasteiger charge is 2.33. The number of carbonyl (C=O) groups excluding carboxylic acids is 1. The average Bonchev–Trinajstić information content (AvgIpc) is 2.77. The number of hydrogen-bond acceptors (Lipinski definition) is 8. The number of nitro benzene ring substituents is 1. The fourth-order valence-corrected chi connectivity index (χ4v) is 3.73. The van der Waals surface area contributed by atoms with Crippen molar-refractivity contribution in [3.05, 3.63) is 44.4 Å². The summed E-state index contributed by atoms with van der Waals surface area (Å²) >= 11 is 3.41. The standard InChI is InChI=1S/C20H22BrN3O7/c1-28-16-11-13(17(24(26)27)19(30-3)18(16)29-2)20(25)22-14-10-12(21)4-5-15(14)23-6-8-31-9-7-23/h4-5,10-11H,6-9H2,1-3H3,(H,22,25). The molecule has 0 aromatic heterocycles. The van der Waals surface area contributed by atoms with Gasteiger partial charge in [0.15, 0.2) is 5.75 Å². The Hall–Kier alpha value is -3.05. The average molecular weight is 496 g/mol. The molecule has 31 heavy (non-hydrogen) atoms. The number of halogens is 1. The topological polar surface area (TPSA) is 112 Å². The van der Waals surface area contributed by atoms with Gasteiger partial charge < -0.3 is 29.2 Å². The Balaban J connectivity index is 2.06. The van der Waals surface area contributed by atoms with Crippen molar-refractivity contribution in [2.45, 2.75) is 0 Å². The molecule has 0 saturated carbocycles. The molecule has 166 valence electrons. The van der Waals surface area contributed by atoms with Crippen LogP contribution in [0.3, 0.4) is 0 Å². The highest BCUT2D eigenvalue weighted by Crippen LogP contribution is 2.46. The summed E-state index contributed by atoms with van der Waals surface area (Å²) in [5, 5.41) is 14.6. The van der Waals surface area contributed by atoms with Crippen LogP contribution in [0.15, 0.2) is 28.7 Å². The van der Waals surface area contributed by atoms with Gasteiger partial charge in [0.2, 0.25) is 11.5 Å². The number of ether oxygens (including phenoxy) is 4. The normalized spacial score (nSPS) is 13.5. The van der Waals surface area contributed by atoms with E-state index in [4.69, 9.17) is 18.9 Å². The number of nitrogens with zero attached hydrogens (tertiary/aromatic N) is 2. The molecule has 1 amide bonds. The fourth-order valence-electron chi connectivity index (χ4n) is 3.37. The number of nitro groups is 1. The number of morpholine rings is 1. The van der Waals surface area contributed by atoms with Gasteiger partial charge in [0.1, 0.15) is 5.56 Å². The summed E-state index contributed by atoms with van der Waals surface area (Å²) in [6, 6.07) is 6.74. The fraction of sp³-hybridized carbons (Fsp3) is 0.350. The maximum absolute atomic E-state index is 13.2.